The first-order valence-electron chi connectivity index (χ1n) is 5.57. The van der Waals surface area contributed by atoms with Crippen LogP contribution >= 0.6 is 0 Å². The van der Waals surface area contributed by atoms with Gasteiger partial charge in [0, 0.05) is 6.20 Å². The number of hydrogen-bond acceptors (Lipinski definition) is 6. The molecule has 21 heavy (non-hydrogen) atoms. The highest BCUT2D eigenvalue weighted by molar-refractivity contribution is 5.88. The smallest absolute Gasteiger partial charge is 0.358 e. The maximum absolute atomic E-state index is 11.0. The molecule has 2 rings (SSSR count). The van der Waals surface area contributed by atoms with Crippen LogP contribution in [0, 0.1) is 21.4 Å². The van der Waals surface area contributed by atoms with Crippen LogP contribution in [0.2, 0.25) is 0 Å². The highest BCUT2D eigenvalue weighted by Crippen LogP contribution is 2.29. The summed E-state index contributed by atoms with van der Waals surface area (Å²) in [4.78, 5) is 24.8. The van der Waals surface area contributed by atoms with Gasteiger partial charge in [-0.05, 0) is 24.3 Å². The molecule has 1 aromatic carbocycles. The molecular formula is C13H7N3O5. The van der Waals surface area contributed by atoms with Crippen molar-refractivity contribution in [2.45, 2.75) is 0 Å². The minimum Gasteiger partial charge on any atom is -0.476 e. The summed E-state index contributed by atoms with van der Waals surface area (Å²) in [6, 6.07) is 8.16. The van der Waals surface area contributed by atoms with E-state index in [1.165, 1.54) is 30.5 Å². The van der Waals surface area contributed by atoms with E-state index in [9.17, 15) is 14.9 Å². The van der Waals surface area contributed by atoms with E-state index in [1.807, 2.05) is 0 Å². The van der Waals surface area contributed by atoms with Crippen LogP contribution in [-0.2, 0) is 0 Å². The predicted octanol–water partition coefficient (Wildman–Crippen LogP) is 2.35. The zero-order valence-corrected chi connectivity index (χ0v) is 10.4. The fourth-order valence-corrected chi connectivity index (χ4v) is 1.58. The van der Waals surface area contributed by atoms with Gasteiger partial charge in [0.1, 0.15) is 17.4 Å². The molecule has 0 aliphatic carbocycles. The van der Waals surface area contributed by atoms with Crippen LogP contribution in [0.15, 0.2) is 36.5 Å². The van der Waals surface area contributed by atoms with Crippen molar-refractivity contribution < 1.29 is 19.6 Å². The zero-order valence-electron chi connectivity index (χ0n) is 10.4. The molecule has 0 aliphatic heterocycles. The summed E-state index contributed by atoms with van der Waals surface area (Å²) in [6.45, 7) is 0. The van der Waals surface area contributed by atoms with Crippen molar-refractivity contribution in [1.82, 2.24) is 4.98 Å². The molecular weight excluding hydrogens is 278 g/mol. The summed E-state index contributed by atoms with van der Waals surface area (Å²) in [6.07, 6.45) is 1.29. The quantitative estimate of drug-likeness (QED) is 0.674. The van der Waals surface area contributed by atoms with E-state index >= 15 is 0 Å². The molecule has 0 bridgehead atoms. The number of nitro groups is 1. The Kier molecular flexibility index (Phi) is 3.76. The number of rotatable bonds is 4. The van der Waals surface area contributed by atoms with Gasteiger partial charge in [0.15, 0.2) is 11.4 Å². The first kappa shape index (κ1) is 14.0. The molecule has 0 atom stereocenters. The summed E-state index contributed by atoms with van der Waals surface area (Å²) < 4.78 is 5.30. The second-order valence-corrected chi connectivity index (χ2v) is 3.81. The second-order valence-electron chi connectivity index (χ2n) is 3.81. The molecule has 0 saturated carbocycles. The third-order valence-electron chi connectivity index (χ3n) is 2.49. The van der Waals surface area contributed by atoms with Crippen LogP contribution in [0.4, 0.5) is 5.69 Å². The molecule has 0 spiro atoms. The third-order valence-corrected chi connectivity index (χ3v) is 2.49. The van der Waals surface area contributed by atoms with Gasteiger partial charge in [-0.3, -0.25) is 10.1 Å². The third kappa shape index (κ3) is 2.93. The van der Waals surface area contributed by atoms with Crippen molar-refractivity contribution in [3.8, 4) is 17.6 Å². The molecule has 0 aliphatic rings. The number of hydrogen-bond donors (Lipinski definition) is 1. The van der Waals surface area contributed by atoms with Gasteiger partial charge in [-0.25, -0.2) is 9.78 Å². The Morgan fingerprint density at radius 2 is 2.19 bits per heavy atom. The monoisotopic (exact) mass is 285 g/mol. The standard InChI is InChI=1S/C13H7N3O5/c14-7-8-3-4-9(6-10(8)16(19)20)21-11-2-1-5-15-12(11)13(17)18/h1-6H,(H,17,18). The summed E-state index contributed by atoms with van der Waals surface area (Å²) in [7, 11) is 0. The van der Waals surface area contributed by atoms with Gasteiger partial charge in [-0.2, -0.15) is 5.26 Å². The van der Waals surface area contributed by atoms with Crippen molar-refractivity contribution in [2.24, 2.45) is 0 Å². The van der Waals surface area contributed by atoms with Crippen molar-refractivity contribution in [2.75, 3.05) is 0 Å². The molecule has 0 fully saturated rings. The maximum Gasteiger partial charge on any atom is 0.358 e. The normalized spacial score (nSPS) is 9.67. The summed E-state index contributed by atoms with van der Waals surface area (Å²) in [5.74, 6) is -1.30. The SMILES string of the molecule is N#Cc1ccc(Oc2cccnc2C(=O)O)cc1[N+](=O)[O-]. The molecule has 1 N–H and O–H groups in total. The maximum atomic E-state index is 11.0. The highest BCUT2D eigenvalue weighted by Gasteiger charge is 2.17. The lowest BCUT2D eigenvalue weighted by atomic mass is 10.2. The number of aromatic carboxylic acids is 1. The van der Waals surface area contributed by atoms with E-state index < -0.39 is 16.6 Å². The average molecular weight is 285 g/mol. The van der Waals surface area contributed by atoms with E-state index in [0.717, 1.165) is 6.07 Å². The molecule has 8 heteroatoms. The van der Waals surface area contributed by atoms with Gasteiger partial charge < -0.3 is 9.84 Å². The van der Waals surface area contributed by atoms with Gasteiger partial charge in [0.05, 0.1) is 11.0 Å². The molecule has 2 aromatic rings. The highest BCUT2D eigenvalue weighted by atomic mass is 16.6. The number of nitrogens with zero attached hydrogens (tertiary/aromatic N) is 3. The molecule has 1 heterocycles. The van der Waals surface area contributed by atoms with E-state index in [4.69, 9.17) is 15.1 Å². The van der Waals surface area contributed by atoms with E-state index in [1.54, 1.807) is 6.07 Å². The summed E-state index contributed by atoms with van der Waals surface area (Å²) >= 11 is 0. The van der Waals surface area contributed by atoms with Crippen LogP contribution in [0.3, 0.4) is 0 Å². The number of ether oxygens (including phenoxy) is 1. The number of benzene rings is 1. The van der Waals surface area contributed by atoms with Gasteiger partial charge in [0.2, 0.25) is 0 Å². The fourth-order valence-electron chi connectivity index (χ4n) is 1.58. The minimum atomic E-state index is -1.28. The lowest BCUT2D eigenvalue weighted by Crippen LogP contribution is -2.03. The Balaban J connectivity index is 2.42. The van der Waals surface area contributed by atoms with Gasteiger partial charge in [-0.15, -0.1) is 0 Å². The lowest BCUT2D eigenvalue weighted by Gasteiger charge is -2.07. The zero-order chi connectivity index (χ0) is 15.4. The number of pyridine rings is 1. The van der Waals surface area contributed by atoms with Gasteiger partial charge >= 0.3 is 5.97 Å². The predicted molar refractivity (Wildman–Crippen MR) is 69.1 cm³/mol. The number of carboxylic acid groups (broad SMARTS) is 1. The number of carboxylic acids is 1. The van der Waals surface area contributed by atoms with Crippen LogP contribution in [0.5, 0.6) is 11.5 Å². The minimum absolute atomic E-state index is 0.0381. The lowest BCUT2D eigenvalue weighted by molar-refractivity contribution is -0.385. The molecule has 1 aromatic heterocycles. The topological polar surface area (TPSA) is 126 Å². The molecule has 0 amide bonds. The largest absolute Gasteiger partial charge is 0.476 e. The first-order valence-corrected chi connectivity index (χ1v) is 5.57. The molecule has 104 valence electrons. The molecule has 0 unspecified atom stereocenters. The second kappa shape index (κ2) is 5.66. The van der Waals surface area contributed by atoms with E-state index in [-0.39, 0.29) is 22.8 Å². The fraction of sp³-hybridized carbons (Fsp3) is 0. The van der Waals surface area contributed by atoms with E-state index in [0.29, 0.717) is 0 Å². The Bertz CT molecular complexity index is 767. The number of nitro benzene ring substituents is 1. The summed E-state index contributed by atoms with van der Waals surface area (Å²) in [5.41, 5.74) is -0.850. The Morgan fingerprint density at radius 1 is 1.43 bits per heavy atom. The Labute approximate surface area is 118 Å². The van der Waals surface area contributed by atoms with Gasteiger partial charge in [0.25, 0.3) is 5.69 Å². The molecule has 0 radical (unpaired) electrons. The number of nitriles is 1. The van der Waals surface area contributed by atoms with Crippen molar-refractivity contribution in [3.63, 3.8) is 0 Å². The number of aromatic nitrogens is 1. The molecule has 0 saturated heterocycles. The van der Waals surface area contributed by atoms with E-state index in [2.05, 4.69) is 4.98 Å². The Hall–Kier alpha value is -3.47. The average Bonchev–Trinajstić information content (AvgIpc) is 2.47. The van der Waals surface area contributed by atoms with Crippen LogP contribution in [0.1, 0.15) is 16.1 Å². The number of carbonyl (C=O) groups is 1. The van der Waals surface area contributed by atoms with Crippen LogP contribution in [0.25, 0.3) is 0 Å². The first-order chi connectivity index (χ1) is 10.0. The van der Waals surface area contributed by atoms with Crippen LogP contribution in [-0.4, -0.2) is 21.0 Å². The van der Waals surface area contributed by atoms with Crippen LogP contribution < -0.4 is 4.74 Å². The van der Waals surface area contributed by atoms with Gasteiger partial charge in [-0.1, -0.05) is 0 Å². The van der Waals surface area contributed by atoms with Crippen molar-refractivity contribution >= 4 is 11.7 Å². The van der Waals surface area contributed by atoms with Crippen molar-refractivity contribution in [3.05, 3.63) is 57.9 Å². The summed E-state index contributed by atoms with van der Waals surface area (Å²) in [5, 5.41) is 28.6. The Morgan fingerprint density at radius 3 is 2.81 bits per heavy atom. The van der Waals surface area contributed by atoms with Crippen molar-refractivity contribution in [1.29, 1.82) is 5.26 Å². The molecule has 8 nitrogen and oxygen atoms in total.